The number of nitrogens with zero attached hydrogens (tertiary/aromatic N) is 1. The third-order valence-corrected chi connectivity index (χ3v) is 3.75. The molecule has 98 valence electrons. The number of primary amides is 1. The van der Waals surface area contributed by atoms with Crippen LogP contribution < -0.4 is 16.4 Å². The van der Waals surface area contributed by atoms with Crippen molar-refractivity contribution in [3.05, 3.63) is 29.8 Å². The lowest BCUT2D eigenvalue weighted by Gasteiger charge is -2.42. The number of carbonyl (C=O) groups is 1. The molecule has 1 amide bonds. The molecule has 0 bridgehead atoms. The van der Waals surface area contributed by atoms with E-state index in [4.69, 9.17) is 11.5 Å². The molecule has 2 atom stereocenters. The van der Waals surface area contributed by atoms with Crippen LogP contribution in [0.2, 0.25) is 0 Å². The number of carbonyl (C=O) groups excluding carboxylic acids is 1. The van der Waals surface area contributed by atoms with Crippen LogP contribution in [-0.4, -0.2) is 24.5 Å². The molecule has 1 saturated heterocycles. The maximum atomic E-state index is 11.1. The van der Waals surface area contributed by atoms with Gasteiger partial charge in [-0.05, 0) is 50.5 Å². The number of benzene rings is 1. The first-order valence-corrected chi connectivity index (χ1v) is 6.51. The molecule has 4 N–H and O–H groups in total. The van der Waals surface area contributed by atoms with E-state index in [1.54, 1.807) is 12.1 Å². The van der Waals surface area contributed by atoms with E-state index in [0.717, 1.165) is 12.1 Å². The highest BCUT2D eigenvalue weighted by molar-refractivity contribution is 5.93. The summed E-state index contributed by atoms with van der Waals surface area (Å²) in [7, 11) is 0. The SMILES string of the molecule is CC1CCCC(CN)N1c1ccc(C(N)=O)cc1. The van der Waals surface area contributed by atoms with Gasteiger partial charge in [-0.3, -0.25) is 4.79 Å². The Bertz CT molecular complexity index is 416. The summed E-state index contributed by atoms with van der Waals surface area (Å²) in [5.41, 5.74) is 12.8. The highest BCUT2D eigenvalue weighted by Crippen LogP contribution is 2.28. The Morgan fingerprint density at radius 3 is 2.56 bits per heavy atom. The fourth-order valence-electron chi connectivity index (χ4n) is 2.78. The van der Waals surface area contributed by atoms with Gasteiger partial charge < -0.3 is 16.4 Å². The van der Waals surface area contributed by atoms with Crippen molar-refractivity contribution < 1.29 is 4.79 Å². The van der Waals surface area contributed by atoms with Gasteiger partial charge in [0.15, 0.2) is 0 Å². The molecule has 2 rings (SSSR count). The minimum absolute atomic E-state index is 0.386. The van der Waals surface area contributed by atoms with Crippen molar-refractivity contribution in [3.63, 3.8) is 0 Å². The normalized spacial score (nSPS) is 24.0. The Morgan fingerprint density at radius 1 is 1.33 bits per heavy atom. The Hall–Kier alpha value is -1.55. The third-order valence-electron chi connectivity index (χ3n) is 3.75. The Morgan fingerprint density at radius 2 is 2.00 bits per heavy atom. The van der Waals surface area contributed by atoms with Gasteiger partial charge in [0.1, 0.15) is 0 Å². The van der Waals surface area contributed by atoms with E-state index >= 15 is 0 Å². The Kier molecular flexibility index (Phi) is 3.87. The van der Waals surface area contributed by atoms with Crippen LogP contribution in [0.3, 0.4) is 0 Å². The van der Waals surface area contributed by atoms with Gasteiger partial charge in [0.2, 0.25) is 5.91 Å². The van der Waals surface area contributed by atoms with Crippen molar-refractivity contribution >= 4 is 11.6 Å². The molecular weight excluding hydrogens is 226 g/mol. The van der Waals surface area contributed by atoms with Crippen molar-refractivity contribution in [3.8, 4) is 0 Å². The van der Waals surface area contributed by atoms with E-state index in [0.29, 0.717) is 24.2 Å². The van der Waals surface area contributed by atoms with Crippen molar-refractivity contribution in [2.45, 2.75) is 38.3 Å². The molecule has 1 fully saturated rings. The first-order chi connectivity index (χ1) is 8.63. The topological polar surface area (TPSA) is 72.3 Å². The summed E-state index contributed by atoms with van der Waals surface area (Å²) in [4.78, 5) is 13.4. The second-order valence-corrected chi connectivity index (χ2v) is 4.99. The zero-order valence-corrected chi connectivity index (χ0v) is 10.8. The molecule has 1 aromatic carbocycles. The molecule has 0 spiro atoms. The van der Waals surface area contributed by atoms with Gasteiger partial charge >= 0.3 is 0 Å². The number of nitrogens with two attached hydrogens (primary N) is 2. The average molecular weight is 247 g/mol. The summed E-state index contributed by atoms with van der Waals surface area (Å²) in [6.45, 7) is 2.89. The summed E-state index contributed by atoms with van der Waals surface area (Å²) in [6.07, 6.45) is 3.56. The Balaban J connectivity index is 2.24. The minimum Gasteiger partial charge on any atom is -0.366 e. The molecule has 0 aromatic heterocycles. The number of hydrogen-bond donors (Lipinski definition) is 2. The van der Waals surface area contributed by atoms with Crippen LogP contribution in [0.25, 0.3) is 0 Å². The van der Waals surface area contributed by atoms with Crippen LogP contribution in [0, 0.1) is 0 Å². The molecule has 0 aliphatic carbocycles. The van der Waals surface area contributed by atoms with Gasteiger partial charge in [0.25, 0.3) is 0 Å². The molecule has 2 unspecified atom stereocenters. The third kappa shape index (κ3) is 2.48. The lowest BCUT2D eigenvalue weighted by molar-refractivity contribution is 0.100. The van der Waals surface area contributed by atoms with E-state index in [2.05, 4.69) is 11.8 Å². The minimum atomic E-state index is -0.386. The van der Waals surface area contributed by atoms with Gasteiger partial charge in [-0.15, -0.1) is 0 Å². The second kappa shape index (κ2) is 5.40. The summed E-state index contributed by atoms with van der Waals surface area (Å²) < 4.78 is 0. The summed E-state index contributed by atoms with van der Waals surface area (Å²) in [5, 5.41) is 0. The van der Waals surface area contributed by atoms with E-state index in [1.807, 2.05) is 12.1 Å². The molecule has 4 heteroatoms. The summed E-state index contributed by atoms with van der Waals surface area (Å²) in [5.74, 6) is -0.386. The highest BCUT2D eigenvalue weighted by Gasteiger charge is 2.26. The second-order valence-electron chi connectivity index (χ2n) is 4.99. The number of rotatable bonds is 3. The van der Waals surface area contributed by atoms with E-state index in [1.165, 1.54) is 12.8 Å². The quantitative estimate of drug-likeness (QED) is 0.850. The first-order valence-electron chi connectivity index (χ1n) is 6.51. The fraction of sp³-hybridized carbons (Fsp3) is 0.500. The maximum absolute atomic E-state index is 11.1. The number of piperidine rings is 1. The van der Waals surface area contributed by atoms with E-state index in [9.17, 15) is 4.79 Å². The molecular formula is C14H21N3O. The summed E-state index contributed by atoms with van der Waals surface area (Å²) in [6, 6.07) is 8.38. The first kappa shape index (κ1) is 12.9. The van der Waals surface area contributed by atoms with Gasteiger partial charge in [0, 0.05) is 29.9 Å². The van der Waals surface area contributed by atoms with Crippen LogP contribution in [0.15, 0.2) is 24.3 Å². The van der Waals surface area contributed by atoms with Crippen LogP contribution in [0.4, 0.5) is 5.69 Å². The zero-order valence-electron chi connectivity index (χ0n) is 10.8. The number of anilines is 1. The predicted molar refractivity (Wildman–Crippen MR) is 73.6 cm³/mol. The number of amides is 1. The fourth-order valence-corrected chi connectivity index (χ4v) is 2.78. The Labute approximate surface area is 108 Å². The zero-order chi connectivity index (χ0) is 13.1. The largest absolute Gasteiger partial charge is 0.366 e. The van der Waals surface area contributed by atoms with Crippen molar-refractivity contribution in [1.82, 2.24) is 0 Å². The maximum Gasteiger partial charge on any atom is 0.248 e. The summed E-state index contributed by atoms with van der Waals surface area (Å²) >= 11 is 0. The van der Waals surface area contributed by atoms with Crippen molar-refractivity contribution in [2.24, 2.45) is 11.5 Å². The van der Waals surface area contributed by atoms with Gasteiger partial charge in [-0.25, -0.2) is 0 Å². The number of hydrogen-bond acceptors (Lipinski definition) is 3. The van der Waals surface area contributed by atoms with E-state index < -0.39 is 0 Å². The molecule has 0 radical (unpaired) electrons. The lowest BCUT2D eigenvalue weighted by Crippen LogP contribution is -2.49. The van der Waals surface area contributed by atoms with E-state index in [-0.39, 0.29) is 5.91 Å². The molecule has 1 aliphatic rings. The average Bonchev–Trinajstić information content (AvgIpc) is 2.38. The van der Waals surface area contributed by atoms with Crippen LogP contribution in [0.1, 0.15) is 36.5 Å². The molecule has 4 nitrogen and oxygen atoms in total. The van der Waals surface area contributed by atoms with Gasteiger partial charge in [0.05, 0.1) is 0 Å². The molecule has 18 heavy (non-hydrogen) atoms. The van der Waals surface area contributed by atoms with Crippen molar-refractivity contribution in [2.75, 3.05) is 11.4 Å². The standard InChI is InChI=1S/C14H21N3O/c1-10-3-2-4-13(9-15)17(10)12-7-5-11(6-8-12)14(16)18/h5-8,10,13H,2-4,9,15H2,1H3,(H2,16,18). The van der Waals surface area contributed by atoms with Gasteiger partial charge in [-0.2, -0.15) is 0 Å². The van der Waals surface area contributed by atoms with Gasteiger partial charge in [-0.1, -0.05) is 0 Å². The molecule has 0 saturated carbocycles. The molecule has 1 aromatic rings. The smallest absolute Gasteiger partial charge is 0.248 e. The van der Waals surface area contributed by atoms with Crippen LogP contribution >= 0.6 is 0 Å². The molecule has 1 aliphatic heterocycles. The monoisotopic (exact) mass is 247 g/mol. The van der Waals surface area contributed by atoms with Crippen LogP contribution in [0.5, 0.6) is 0 Å². The van der Waals surface area contributed by atoms with Crippen molar-refractivity contribution in [1.29, 1.82) is 0 Å². The van der Waals surface area contributed by atoms with Crippen LogP contribution in [-0.2, 0) is 0 Å². The lowest BCUT2D eigenvalue weighted by atomic mass is 9.95. The predicted octanol–water partition coefficient (Wildman–Crippen LogP) is 1.49. The highest BCUT2D eigenvalue weighted by atomic mass is 16.1. The molecule has 1 heterocycles.